The molecular weight excluding hydrogens is 392 g/mol. The first-order chi connectivity index (χ1) is 15.1. The van der Waals surface area contributed by atoms with E-state index in [4.69, 9.17) is 14.2 Å². The van der Waals surface area contributed by atoms with Gasteiger partial charge in [-0.3, -0.25) is 0 Å². The number of fused-ring (bicyclic) bond motifs is 3. The zero-order valence-corrected chi connectivity index (χ0v) is 18.3. The van der Waals surface area contributed by atoms with Crippen LogP contribution in [-0.2, 0) is 9.47 Å². The minimum Gasteiger partial charge on any atom is -0.501 e. The van der Waals surface area contributed by atoms with Gasteiger partial charge in [0.2, 0.25) is 0 Å². The Bertz CT molecular complexity index is 1100. The van der Waals surface area contributed by atoms with Crippen molar-refractivity contribution in [1.29, 1.82) is 0 Å². The molecule has 6 heteroatoms. The highest BCUT2D eigenvalue weighted by molar-refractivity contribution is 6.10. The number of nitrogens with one attached hydrogen (secondary N) is 1. The number of methoxy groups -OCH3 is 2. The third-order valence-corrected chi connectivity index (χ3v) is 5.66. The van der Waals surface area contributed by atoms with Gasteiger partial charge in [-0.1, -0.05) is 24.3 Å². The smallest absolute Gasteiger partial charge is 0.129 e. The van der Waals surface area contributed by atoms with Crippen molar-refractivity contribution >= 4 is 21.8 Å². The highest BCUT2D eigenvalue weighted by atomic mass is 16.5. The van der Waals surface area contributed by atoms with Crippen LogP contribution in [0.2, 0.25) is 0 Å². The average molecular weight is 423 g/mol. The number of ether oxygens (including phenoxy) is 3. The minimum absolute atomic E-state index is 0.232. The summed E-state index contributed by atoms with van der Waals surface area (Å²) in [6.07, 6.45) is 4.25. The lowest BCUT2D eigenvalue weighted by atomic mass is 9.97. The molecule has 0 aliphatic heterocycles. The Hall–Kier alpha value is -2.96. The molecule has 0 radical (unpaired) electrons. The molecule has 6 nitrogen and oxygen atoms in total. The Morgan fingerprint density at radius 3 is 2.71 bits per heavy atom. The van der Waals surface area contributed by atoms with Crippen molar-refractivity contribution in [3.63, 3.8) is 0 Å². The molecule has 2 atom stereocenters. The van der Waals surface area contributed by atoms with E-state index >= 15 is 0 Å². The Balaban J connectivity index is 1.36. The summed E-state index contributed by atoms with van der Waals surface area (Å²) in [4.78, 5) is 5.54. The number of benzene rings is 2. The van der Waals surface area contributed by atoms with Gasteiger partial charge in [-0.25, -0.2) is 0 Å². The number of likely N-dealkylation sites (N-methyl/N-ethyl adjacent to an activating group) is 1. The Morgan fingerprint density at radius 2 is 1.90 bits per heavy atom. The number of hydrogen-bond donors (Lipinski definition) is 2. The average Bonchev–Trinajstić information content (AvgIpc) is 3.16. The van der Waals surface area contributed by atoms with Crippen LogP contribution < -0.4 is 4.74 Å². The molecule has 0 bridgehead atoms. The number of aliphatic hydroxyl groups excluding tert-OH is 1. The molecule has 31 heavy (non-hydrogen) atoms. The summed E-state index contributed by atoms with van der Waals surface area (Å²) in [5.74, 6) is 2.78. The fraction of sp³-hybridized carbons (Fsp3) is 0.360. The molecule has 0 saturated heterocycles. The van der Waals surface area contributed by atoms with E-state index in [0.29, 0.717) is 6.54 Å². The van der Waals surface area contributed by atoms with Gasteiger partial charge in [0, 0.05) is 47.8 Å². The second kappa shape index (κ2) is 9.45. The molecular formula is C25H30N2O4. The number of rotatable bonds is 9. The third-order valence-electron chi connectivity index (χ3n) is 5.66. The van der Waals surface area contributed by atoms with E-state index in [9.17, 15) is 5.11 Å². The van der Waals surface area contributed by atoms with Crippen molar-refractivity contribution in [2.75, 3.05) is 41.0 Å². The number of hydrogen-bond acceptors (Lipinski definition) is 5. The third kappa shape index (κ3) is 4.86. The van der Waals surface area contributed by atoms with Crippen LogP contribution in [0.25, 0.3) is 21.8 Å². The van der Waals surface area contributed by atoms with Gasteiger partial charge in [-0.05, 0) is 31.3 Å². The maximum Gasteiger partial charge on any atom is 0.129 e. The first kappa shape index (κ1) is 21.3. The van der Waals surface area contributed by atoms with Gasteiger partial charge in [-0.2, -0.15) is 0 Å². The van der Waals surface area contributed by atoms with Gasteiger partial charge in [0.25, 0.3) is 0 Å². The van der Waals surface area contributed by atoms with Crippen molar-refractivity contribution in [3.8, 4) is 5.75 Å². The number of nitrogens with zero attached hydrogens (tertiary/aromatic N) is 1. The number of aromatic nitrogens is 1. The highest BCUT2D eigenvalue weighted by Crippen LogP contribution is 2.33. The van der Waals surface area contributed by atoms with E-state index in [1.54, 1.807) is 14.2 Å². The van der Waals surface area contributed by atoms with Crippen LogP contribution in [0, 0.1) is 5.92 Å². The van der Waals surface area contributed by atoms with Gasteiger partial charge in [0.15, 0.2) is 0 Å². The van der Waals surface area contributed by atoms with Crippen LogP contribution in [0.3, 0.4) is 0 Å². The summed E-state index contributed by atoms with van der Waals surface area (Å²) in [6, 6.07) is 14.1. The van der Waals surface area contributed by atoms with Crippen molar-refractivity contribution < 1.29 is 19.3 Å². The Labute approximate surface area is 182 Å². The molecule has 3 aromatic rings. The lowest BCUT2D eigenvalue weighted by Gasteiger charge is -2.27. The van der Waals surface area contributed by atoms with E-state index in [1.165, 1.54) is 0 Å². The van der Waals surface area contributed by atoms with Crippen LogP contribution in [0.1, 0.15) is 6.42 Å². The maximum absolute atomic E-state index is 10.6. The monoisotopic (exact) mass is 422 g/mol. The molecule has 0 spiro atoms. The van der Waals surface area contributed by atoms with Gasteiger partial charge < -0.3 is 29.2 Å². The van der Waals surface area contributed by atoms with E-state index < -0.39 is 6.10 Å². The molecule has 2 aromatic carbocycles. The van der Waals surface area contributed by atoms with Gasteiger partial charge in [0.05, 0.1) is 25.5 Å². The van der Waals surface area contributed by atoms with Crippen molar-refractivity contribution in [2.24, 2.45) is 5.92 Å². The van der Waals surface area contributed by atoms with E-state index in [2.05, 4.69) is 28.1 Å². The first-order valence-electron chi connectivity index (χ1n) is 10.6. The van der Waals surface area contributed by atoms with Crippen molar-refractivity contribution in [3.05, 3.63) is 66.1 Å². The molecule has 0 saturated carbocycles. The van der Waals surface area contributed by atoms with Crippen LogP contribution in [0.15, 0.2) is 66.1 Å². The molecule has 2 N–H and O–H groups in total. The minimum atomic E-state index is -0.600. The molecule has 4 rings (SSSR count). The van der Waals surface area contributed by atoms with E-state index in [-0.39, 0.29) is 12.5 Å². The fourth-order valence-electron chi connectivity index (χ4n) is 4.26. The largest absolute Gasteiger partial charge is 0.501 e. The standard InChI is InChI=1S/C25H30N2O4/c1-27(14-17-11-19(29-2)13-20(12-17)30-3)15-18(28)16-31-24-10-6-9-23-25(24)21-7-4-5-8-22(21)26-23/h4-11,13,17-18,26,28H,12,14-16H2,1-3H3. The number of aliphatic hydroxyl groups is 1. The van der Waals surface area contributed by atoms with Gasteiger partial charge in [0.1, 0.15) is 24.2 Å². The SMILES string of the molecule is COC1=CC(CN(C)CC(O)COc2cccc3[nH]c4ccccc4c23)CC(OC)=C1. The Morgan fingerprint density at radius 1 is 1.10 bits per heavy atom. The lowest BCUT2D eigenvalue weighted by Crippen LogP contribution is -2.36. The number of H-pyrrole nitrogens is 1. The zero-order valence-electron chi connectivity index (χ0n) is 18.3. The number of allylic oxidation sites excluding steroid dienone is 2. The normalized spacial score (nSPS) is 17.5. The maximum atomic E-state index is 10.6. The number of aromatic amines is 1. The van der Waals surface area contributed by atoms with Crippen molar-refractivity contribution in [1.82, 2.24) is 9.88 Å². The highest BCUT2D eigenvalue weighted by Gasteiger charge is 2.20. The molecule has 1 aromatic heterocycles. The van der Waals surface area contributed by atoms with Gasteiger partial charge >= 0.3 is 0 Å². The first-order valence-corrected chi connectivity index (χ1v) is 10.6. The van der Waals surface area contributed by atoms with Crippen LogP contribution in [-0.4, -0.2) is 62.1 Å². The zero-order chi connectivity index (χ0) is 21.8. The molecule has 1 aliphatic rings. The lowest BCUT2D eigenvalue weighted by molar-refractivity contribution is 0.0732. The summed E-state index contributed by atoms with van der Waals surface area (Å²) in [5.41, 5.74) is 2.11. The summed E-state index contributed by atoms with van der Waals surface area (Å²) >= 11 is 0. The summed E-state index contributed by atoms with van der Waals surface area (Å²) < 4.78 is 16.8. The van der Waals surface area contributed by atoms with Crippen molar-refractivity contribution in [2.45, 2.75) is 12.5 Å². The molecule has 164 valence electrons. The molecule has 1 aliphatic carbocycles. The van der Waals surface area contributed by atoms with E-state index in [0.717, 1.165) is 52.0 Å². The second-order valence-electron chi connectivity index (χ2n) is 8.09. The molecule has 2 unspecified atom stereocenters. The van der Waals surface area contributed by atoms with Crippen LogP contribution in [0.4, 0.5) is 0 Å². The van der Waals surface area contributed by atoms with Crippen LogP contribution in [0.5, 0.6) is 5.75 Å². The second-order valence-corrected chi connectivity index (χ2v) is 8.09. The summed E-state index contributed by atoms with van der Waals surface area (Å²) in [6.45, 7) is 1.54. The molecule has 0 amide bonds. The van der Waals surface area contributed by atoms with E-state index in [1.807, 2.05) is 43.5 Å². The summed E-state index contributed by atoms with van der Waals surface area (Å²) in [7, 11) is 5.35. The van der Waals surface area contributed by atoms with Gasteiger partial charge in [-0.15, -0.1) is 0 Å². The fourth-order valence-corrected chi connectivity index (χ4v) is 4.26. The Kier molecular flexibility index (Phi) is 6.49. The number of para-hydroxylation sites is 1. The molecule has 0 fully saturated rings. The predicted molar refractivity (Wildman–Crippen MR) is 123 cm³/mol. The summed E-state index contributed by atoms with van der Waals surface area (Å²) in [5, 5.41) is 12.8. The predicted octanol–water partition coefficient (Wildman–Crippen LogP) is 4.07. The topological polar surface area (TPSA) is 67.0 Å². The quantitative estimate of drug-likeness (QED) is 0.544. The molecule has 1 heterocycles. The van der Waals surface area contributed by atoms with Crippen LogP contribution >= 0.6 is 0 Å².